The molecular weight excluding hydrogens is 267 g/mol. The molecule has 0 aliphatic carbocycles. The van der Waals surface area contributed by atoms with Crippen LogP contribution in [0.1, 0.15) is 37.6 Å². The maximum absolute atomic E-state index is 13.7. The van der Waals surface area contributed by atoms with E-state index in [0.29, 0.717) is 0 Å². The molecule has 0 spiro atoms. The van der Waals surface area contributed by atoms with Gasteiger partial charge < -0.3 is 5.11 Å². The smallest absolute Gasteiger partial charge is 0.123 e. The van der Waals surface area contributed by atoms with Crippen LogP contribution >= 0.6 is 0 Å². The Kier molecular flexibility index (Phi) is 3.46. The number of hydrogen-bond acceptors (Lipinski definition) is 3. The Bertz CT molecular complexity index is 691. The maximum Gasteiger partial charge on any atom is 0.123 e. The minimum absolute atomic E-state index is 0.294. The SMILES string of the molecule is CCN1CCc2nc3ccc(F)cc3c(C(C)(C)O)c2C1. The average Bonchev–Trinajstić information content (AvgIpc) is 2.42. The highest BCUT2D eigenvalue weighted by Gasteiger charge is 2.29. The number of halogens is 1. The van der Waals surface area contributed by atoms with Crippen molar-refractivity contribution in [2.45, 2.75) is 39.3 Å². The fourth-order valence-electron chi connectivity index (χ4n) is 3.24. The van der Waals surface area contributed by atoms with Crippen LogP contribution in [0.5, 0.6) is 0 Å². The third kappa shape index (κ3) is 2.54. The van der Waals surface area contributed by atoms with E-state index in [1.807, 2.05) is 0 Å². The van der Waals surface area contributed by atoms with Gasteiger partial charge in [-0.05, 0) is 49.7 Å². The molecule has 3 rings (SSSR count). The van der Waals surface area contributed by atoms with Crippen LogP contribution in [0.25, 0.3) is 10.9 Å². The third-order valence-corrected chi connectivity index (χ3v) is 4.24. The van der Waals surface area contributed by atoms with Crippen molar-refractivity contribution in [2.24, 2.45) is 0 Å². The minimum atomic E-state index is -1.02. The summed E-state index contributed by atoms with van der Waals surface area (Å²) in [6, 6.07) is 4.62. The molecule has 1 aromatic carbocycles. The van der Waals surface area contributed by atoms with Crippen molar-refractivity contribution in [3.05, 3.63) is 40.8 Å². The van der Waals surface area contributed by atoms with Gasteiger partial charge in [0, 0.05) is 30.6 Å². The lowest BCUT2D eigenvalue weighted by Gasteiger charge is -2.32. The maximum atomic E-state index is 13.7. The molecule has 1 N–H and O–H groups in total. The molecule has 4 heteroatoms. The van der Waals surface area contributed by atoms with Gasteiger partial charge in [-0.2, -0.15) is 0 Å². The second kappa shape index (κ2) is 5.04. The molecule has 1 aliphatic rings. The lowest BCUT2D eigenvalue weighted by Crippen LogP contribution is -2.33. The molecule has 0 bridgehead atoms. The number of aliphatic hydroxyl groups is 1. The summed E-state index contributed by atoms with van der Waals surface area (Å²) in [4.78, 5) is 7.02. The molecule has 0 saturated carbocycles. The Morgan fingerprint density at radius 3 is 2.81 bits per heavy atom. The van der Waals surface area contributed by atoms with E-state index in [0.717, 1.165) is 53.8 Å². The van der Waals surface area contributed by atoms with Crippen molar-refractivity contribution >= 4 is 10.9 Å². The van der Waals surface area contributed by atoms with Gasteiger partial charge in [-0.1, -0.05) is 6.92 Å². The zero-order valence-electron chi connectivity index (χ0n) is 12.8. The van der Waals surface area contributed by atoms with Crippen molar-refractivity contribution < 1.29 is 9.50 Å². The molecular formula is C17H21FN2O. The van der Waals surface area contributed by atoms with Gasteiger partial charge in [0.05, 0.1) is 11.1 Å². The molecule has 0 unspecified atom stereocenters. The molecule has 0 radical (unpaired) electrons. The minimum Gasteiger partial charge on any atom is -0.386 e. The number of fused-ring (bicyclic) bond motifs is 2. The van der Waals surface area contributed by atoms with Gasteiger partial charge >= 0.3 is 0 Å². The van der Waals surface area contributed by atoms with Gasteiger partial charge in [-0.15, -0.1) is 0 Å². The largest absolute Gasteiger partial charge is 0.386 e. The first kappa shape index (κ1) is 14.4. The Labute approximate surface area is 124 Å². The fraction of sp³-hybridized carbons (Fsp3) is 0.471. The van der Waals surface area contributed by atoms with Gasteiger partial charge in [-0.3, -0.25) is 9.88 Å². The van der Waals surface area contributed by atoms with E-state index in [4.69, 9.17) is 4.98 Å². The van der Waals surface area contributed by atoms with Crippen LogP contribution < -0.4 is 0 Å². The molecule has 0 saturated heterocycles. The molecule has 112 valence electrons. The van der Waals surface area contributed by atoms with E-state index >= 15 is 0 Å². The molecule has 1 aromatic heterocycles. The van der Waals surface area contributed by atoms with Crippen molar-refractivity contribution in [1.29, 1.82) is 0 Å². The average molecular weight is 288 g/mol. The highest BCUT2D eigenvalue weighted by molar-refractivity contribution is 5.84. The highest BCUT2D eigenvalue weighted by Crippen LogP contribution is 2.35. The van der Waals surface area contributed by atoms with Crippen LogP contribution in [-0.2, 0) is 18.6 Å². The predicted molar refractivity (Wildman–Crippen MR) is 81.6 cm³/mol. The quantitative estimate of drug-likeness (QED) is 0.923. The van der Waals surface area contributed by atoms with Crippen molar-refractivity contribution in [3.63, 3.8) is 0 Å². The van der Waals surface area contributed by atoms with Crippen LogP contribution in [0.2, 0.25) is 0 Å². The Morgan fingerprint density at radius 1 is 1.38 bits per heavy atom. The van der Waals surface area contributed by atoms with Gasteiger partial charge in [0.15, 0.2) is 0 Å². The molecule has 0 atom stereocenters. The Balaban J connectivity index is 2.32. The first-order valence-corrected chi connectivity index (χ1v) is 7.46. The Hall–Kier alpha value is -1.52. The van der Waals surface area contributed by atoms with Crippen LogP contribution in [0.3, 0.4) is 0 Å². The zero-order valence-corrected chi connectivity index (χ0v) is 12.8. The molecule has 2 heterocycles. The summed E-state index contributed by atoms with van der Waals surface area (Å²) in [7, 11) is 0. The first-order chi connectivity index (χ1) is 9.90. The van der Waals surface area contributed by atoms with Crippen LogP contribution in [0.4, 0.5) is 4.39 Å². The van der Waals surface area contributed by atoms with Gasteiger partial charge in [0.2, 0.25) is 0 Å². The number of rotatable bonds is 2. The molecule has 0 fully saturated rings. The van der Waals surface area contributed by atoms with Crippen LogP contribution in [-0.4, -0.2) is 28.1 Å². The summed E-state index contributed by atoms with van der Waals surface area (Å²) in [6.45, 7) is 8.36. The molecule has 2 aromatic rings. The highest BCUT2D eigenvalue weighted by atomic mass is 19.1. The van der Waals surface area contributed by atoms with E-state index in [9.17, 15) is 9.50 Å². The number of benzene rings is 1. The number of nitrogens with zero attached hydrogens (tertiary/aromatic N) is 2. The summed E-state index contributed by atoms with van der Waals surface area (Å²) in [5.74, 6) is -0.294. The Morgan fingerprint density at radius 2 is 2.14 bits per heavy atom. The molecule has 21 heavy (non-hydrogen) atoms. The lowest BCUT2D eigenvalue weighted by atomic mass is 9.86. The summed E-state index contributed by atoms with van der Waals surface area (Å²) < 4.78 is 13.7. The summed E-state index contributed by atoms with van der Waals surface area (Å²) in [5.41, 5.74) is 2.66. The number of aromatic nitrogens is 1. The fourth-order valence-corrected chi connectivity index (χ4v) is 3.24. The first-order valence-electron chi connectivity index (χ1n) is 7.46. The van der Waals surface area contributed by atoms with E-state index < -0.39 is 5.60 Å². The monoisotopic (exact) mass is 288 g/mol. The van der Waals surface area contributed by atoms with Crippen molar-refractivity contribution in [3.8, 4) is 0 Å². The standard InChI is InChI=1S/C17H21FN2O/c1-4-20-8-7-15-13(10-20)16(17(2,3)21)12-9-11(18)5-6-14(12)19-15/h5-6,9,21H,4,7-8,10H2,1-3H3. The van der Waals surface area contributed by atoms with E-state index in [1.165, 1.54) is 12.1 Å². The number of pyridine rings is 1. The summed E-state index contributed by atoms with van der Waals surface area (Å²) in [5, 5.41) is 11.3. The van der Waals surface area contributed by atoms with Crippen LogP contribution in [0.15, 0.2) is 18.2 Å². The second-order valence-electron chi connectivity index (χ2n) is 6.25. The second-order valence-corrected chi connectivity index (χ2v) is 6.25. The normalized spacial score (nSPS) is 16.2. The predicted octanol–water partition coefficient (Wildman–Crippen LogP) is 2.98. The number of hydrogen-bond donors (Lipinski definition) is 1. The van der Waals surface area contributed by atoms with Gasteiger partial charge in [0.25, 0.3) is 0 Å². The third-order valence-electron chi connectivity index (χ3n) is 4.24. The van der Waals surface area contributed by atoms with E-state index in [2.05, 4.69) is 11.8 Å². The van der Waals surface area contributed by atoms with Gasteiger partial charge in [0.1, 0.15) is 5.82 Å². The van der Waals surface area contributed by atoms with Crippen molar-refractivity contribution in [2.75, 3.05) is 13.1 Å². The molecule has 1 aliphatic heterocycles. The number of likely N-dealkylation sites (N-methyl/N-ethyl adjacent to an activating group) is 1. The lowest BCUT2D eigenvalue weighted by molar-refractivity contribution is 0.0775. The topological polar surface area (TPSA) is 36.4 Å². The van der Waals surface area contributed by atoms with E-state index in [1.54, 1.807) is 19.9 Å². The molecule has 0 amide bonds. The van der Waals surface area contributed by atoms with Crippen LogP contribution in [0, 0.1) is 5.82 Å². The summed E-state index contributed by atoms with van der Waals surface area (Å²) >= 11 is 0. The molecule has 3 nitrogen and oxygen atoms in total. The van der Waals surface area contributed by atoms with E-state index in [-0.39, 0.29) is 5.82 Å². The van der Waals surface area contributed by atoms with Crippen molar-refractivity contribution in [1.82, 2.24) is 9.88 Å². The van der Waals surface area contributed by atoms with Gasteiger partial charge in [-0.25, -0.2) is 4.39 Å². The summed E-state index contributed by atoms with van der Waals surface area (Å²) in [6.07, 6.45) is 0.875. The zero-order chi connectivity index (χ0) is 15.2.